The van der Waals surface area contributed by atoms with Gasteiger partial charge >= 0.3 is 0 Å². The van der Waals surface area contributed by atoms with Crippen LogP contribution in [0.2, 0.25) is 0 Å². The number of aryl methyl sites for hydroxylation is 2. The van der Waals surface area contributed by atoms with Crippen LogP contribution in [0, 0.1) is 6.92 Å². The van der Waals surface area contributed by atoms with Crippen molar-refractivity contribution < 1.29 is 4.79 Å². The highest BCUT2D eigenvalue weighted by molar-refractivity contribution is 7.99. The Labute approximate surface area is 132 Å². The molecule has 2 rings (SSSR count). The van der Waals surface area contributed by atoms with Gasteiger partial charge in [-0.3, -0.25) is 4.79 Å². The van der Waals surface area contributed by atoms with Crippen molar-refractivity contribution >= 4 is 34.1 Å². The van der Waals surface area contributed by atoms with E-state index in [9.17, 15) is 4.79 Å². The van der Waals surface area contributed by atoms with E-state index < -0.39 is 0 Å². The summed E-state index contributed by atoms with van der Waals surface area (Å²) in [5, 5.41) is 14.5. The minimum atomic E-state index is -0.0722. The first kappa shape index (κ1) is 16.0. The predicted molar refractivity (Wildman–Crippen MR) is 85.9 cm³/mol. The number of thiazole rings is 1. The molecule has 0 aliphatic rings. The number of rotatable bonds is 7. The average Bonchev–Trinajstić information content (AvgIpc) is 3.03. The van der Waals surface area contributed by atoms with Gasteiger partial charge in [0, 0.05) is 18.3 Å². The van der Waals surface area contributed by atoms with E-state index in [2.05, 4.69) is 38.9 Å². The van der Waals surface area contributed by atoms with Crippen LogP contribution in [0.3, 0.4) is 0 Å². The smallest absolute Gasteiger partial charge is 0.236 e. The fraction of sp³-hybridized carbons (Fsp3) is 0.538. The van der Waals surface area contributed by atoms with Crippen LogP contribution in [0.5, 0.6) is 0 Å². The molecule has 0 aliphatic heterocycles. The Bertz CT molecular complexity index is 607. The summed E-state index contributed by atoms with van der Waals surface area (Å²) in [6, 6.07) is 0. The lowest BCUT2D eigenvalue weighted by Crippen LogP contribution is -2.14. The second kappa shape index (κ2) is 7.56. The number of carbonyl (C=O) groups excluding carboxylic acids is 1. The molecule has 2 heterocycles. The van der Waals surface area contributed by atoms with Crippen LogP contribution in [-0.2, 0) is 17.8 Å². The lowest BCUT2D eigenvalue weighted by molar-refractivity contribution is -0.113. The largest absolute Gasteiger partial charge is 0.306 e. The van der Waals surface area contributed by atoms with E-state index in [-0.39, 0.29) is 5.91 Å². The summed E-state index contributed by atoms with van der Waals surface area (Å²) in [4.78, 5) is 16.1. The Morgan fingerprint density at radius 3 is 2.86 bits per heavy atom. The number of amides is 1. The molecule has 0 radical (unpaired) electrons. The molecular weight excluding hydrogens is 306 g/mol. The fourth-order valence-electron chi connectivity index (χ4n) is 1.85. The summed E-state index contributed by atoms with van der Waals surface area (Å²) in [6.45, 7) is 6.90. The predicted octanol–water partition coefficient (Wildman–Crippen LogP) is 2.75. The molecule has 0 spiro atoms. The Balaban J connectivity index is 1.91. The Kier molecular flexibility index (Phi) is 5.75. The van der Waals surface area contributed by atoms with Crippen LogP contribution in [0.25, 0.3) is 0 Å². The summed E-state index contributed by atoms with van der Waals surface area (Å²) >= 11 is 2.84. The first-order valence-electron chi connectivity index (χ1n) is 6.90. The number of hydrogen-bond donors (Lipinski definition) is 1. The van der Waals surface area contributed by atoms with Crippen molar-refractivity contribution in [3.05, 3.63) is 16.9 Å². The molecule has 21 heavy (non-hydrogen) atoms. The molecule has 2 aromatic rings. The van der Waals surface area contributed by atoms with E-state index in [4.69, 9.17) is 0 Å². The molecule has 0 unspecified atom stereocenters. The SMILES string of the molecule is CCCc1nnc(SCC(=O)Nc2nc(C)cs2)n1CC. The van der Waals surface area contributed by atoms with Gasteiger partial charge in [0.05, 0.1) is 11.4 Å². The first-order chi connectivity index (χ1) is 10.1. The molecule has 1 N–H and O–H groups in total. The molecule has 0 bridgehead atoms. The minimum Gasteiger partial charge on any atom is -0.306 e. The highest BCUT2D eigenvalue weighted by Gasteiger charge is 2.13. The number of anilines is 1. The molecular formula is C13H19N5OS2. The third kappa shape index (κ3) is 4.28. The number of nitrogens with one attached hydrogen (secondary N) is 1. The topological polar surface area (TPSA) is 72.7 Å². The monoisotopic (exact) mass is 325 g/mol. The van der Waals surface area contributed by atoms with Crippen molar-refractivity contribution in [1.82, 2.24) is 19.7 Å². The van der Waals surface area contributed by atoms with E-state index in [0.29, 0.717) is 10.9 Å². The van der Waals surface area contributed by atoms with E-state index in [1.165, 1.54) is 23.1 Å². The number of hydrogen-bond acceptors (Lipinski definition) is 6. The van der Waals surface area contributed by atoms with E-state index in [1.807, 2.05) is 12.3 Å². The zero-order chi connectivity index (χ0) is 15.2. The lowest BCUT2D eigenvalue weighted by Gasteiger charge is -2.06. The van der Waals surface area contributed by atoms with Crippen molar-refractivity contribution in [2.75, 3.05) is 11.1 Å². The average molecular weight is 325 g/mol. The fourth-order valence-corrected chi connectivity index (χ4v) is 3.37. The van der Waals surface area contributed by atoms with Gasteiger partial charge in [0.15, 0.2) is 10.3 Å². The molecule has 8 heteroatoms. The van der Waals surface area contributed by atoms with Gasteiger partial charge in [-0.1, -0.05) is 18.7 Å². The van der Waals surface area contributed by atoms with Gasteiger partial charge in [-0.2, -0.15) is 0 Å². The van der Waals surface area contributed by atoms with Crippen LogP contribution in [0.4, 0.5) is 5.13 Å². The maximum absolute atomic E-state index is 11.9. The first-order valence-corrected chi connectivity index (χ1v) is 8.77. The van der Waals surface area contributed by atoms with Gasteiger partial charge in [-0.05, 0) is 20.3 Å². The van der Waals surface area contributed by atoms with Crippen LogP contribution >= 0.6 is 23.1 Å². The summed E-state index contributed by atoms with van der Waals surface area (Å²) in [5.74, 6) is 1.22. The zero-order valence-corrected chi connectivity index (χ0v) is 14.1. The summed E-state index contributed by atoms with van der Waals surface area (Å²) in [7, 11) is 0. The van der Waals surface area contributed by atoms with Crippen molar-refractivity contribution in [3.63, 3.8) is 0 Å². The normalized spacial score (nSPS) is 10.8. The summed E-state index contributed by atoms with van der Waals surface area (Å²) < 4.78 is 2.06. The molecule has 2 aromatic heterocycles. The van der Waals surface area contributed by atoms with E-state index >= 15 is 0 Å². The number of thioether (sulfide) groups is 1. The molecule has 114 valence electrons. The standard InChI is InChI=1S/C13H19N5OS2/c1-4-6-10-16-17-13(18(10)5-2)21-8-11(19)15-12-14-9(3)7-20-12/h7H,4-6,8H2,1-3H3,(H,14,15,19). The molecule has 0 fully saturated rings. The lowest BCUT2D eigenvalue weighted by atomic mass is 10.3. The highest BCUT2D eigenvalue weighted by atomic mass is 32.2. The molecule has 1 amide bonds. The van der Waals surface area contributed by atoms with Gasteiger partial charge in [-0.15, -0.1) is 21.5 Å². The Morgan fingerprint density at radius 1 is 1.43 bits per heavy atom. The van der Waals surface area contributed by atoms with Gasteiger partial charge in [0.25, 0.3) is 0 Å². The number of carbonyl (C=O) groups is 1. The van der Waals surface area contributed by atoms with Gasteiger partial charge in [0.1, 0.15) is 5.82 Å². The highest BCUT2D eigenvalue weighted by Crippen LogP contribution is 2.19. The second-order valence-corrected chi connectivity index (χ2v) is 6.32. The van der Waals surface area contributed by atoms with Crippen molar-refractivity contribution in [2.24, 2.45) is 0 Å². The van der Waals surface area contributed by atoms with Crippen LogP contribution in [0.1, 0.15) is 31.8 Å². The third-order valence-corrected chi connectivity index (χ3v) is 4.62. The van der Waals surface area contributed by atoms with E-state index in [0.717, 1.165) is 36.1 Å². The molecule has 0 aliphatic carbocycles. The van der Waals surface area contributed by atoms with Crippen LogP contribution in [0.15, 0.2) is 10.5 Å². The summed E-state index contributed by atoms with van der Waals surface area (Å²) in [6.07, 6.45) is 1.94. The molecule has 0 saturated heterocycles. The minimum absolute atomic E-state index is 0.0722. The Hall–Kier alpha value is -1.41. The number of nitrogens with zero attached hydrogens (tertiary/aromatic N) is 4. The van der Waals surface area contributed by atoms with Crippen LogP contribution in [-0.4, -0.2) is 31.4 Å². The second-order valence-electron chi connectivity index (χ2n) is 4.52. The summed E-state index contributed by atoms with van der Waals surface area (Å²) in [5.41, 5.74) is 0.915. The van der Waals surface area contributed by atoms with Crippen LogP contribution < -0.4 is 5.32 Å². The van der Waals surface area contributed by atoms with E-state index in [1.54, 1.807) is 0 Å². The zero-order valence-electron chi connectivity index (χ0n) is 12.4. The van der Waals surface area contributed by atoms with Crippen molar-refractivity contribution in [2.45, 2.75) is 45.3 Å². The third-order valence-electron chi connectivity index (χ3n) is 2.78. The van der Waals surface area contributed by atoms with Gasteiger partial charge < -0.3 is 9.88 Å². The molecule has 0 atom stereocenters. The molecule has 6 nitrogen and oxygen atoms in total. The van der Waals surface area contributed by atoms with Crippen molar-refractivity contribution in [1.29, 1.82) is 0 Å². The quantitative estimate of drug-likeness (QED) is 0.792. The molecule has 0 saturated carbocycles. The maximum Gasteiger partial charge on any atom is 0.236 e. The van der Waals surface area contributed by atoms with Gasteiger partial charge in [-0.25, -0.2) is 4.98 Å². The maximum atomic E-state index is 11.9. The van der Waals surface area contributed by atoms with Crippen molar-refractivity contribution in [3.8, 4) is 0 Å². The molecule has 0 aromatic carbocycles. The Morgan fingerprint density at radius 2 is 2.24 bits per heavy atom. The number of aromatic nitrogens is 4. The van der Waals surface area contributed by atoms with Gasteiger partial charge in [0.2, 0.25) is 5.91 Å².